The third-order valence-corrected chi connectivity index (χ3v) is 6.19. The maximum absolute atomic E-state index is 4.91. The quantitative estimate of drug-likeness (QED) is 0.229. The summed E-state index contributed by atoms with van der Waals surface area (Å²) in [6.45, 7) is 6.32. The van der Waals surface area contributed by atoms with Gasteiger partial charge in [-0.1, -0.05) is 122 Å². The predicted molar refractivity (Wildman–Crippen MR) is 150 cm³/mol. The molecule has 0 heterocycles. The molecule has 0 aliphatic carbocycles. The molecule has 0 spiro atoms. The Balaban J connectivity index is 1.48. The first kappa shape index (κ1) is 22.3. The van der Waals surface area contributed by atoms with E-state index < -0.39 is 0 Å². The Labute approximate surface area is 207 Å². The van der Waals surface area contributed by atoms with Gasteiger partial charge in [0.05, 0.1) is 5.70 Å². The van der Waals surface area contributed by atoms with E-state index in [1.54, 1.807) is 0 Å². The molecule has 5 aromatic carbocycles. The predicted octanol–water partition coefficient (Wildman–Crippen LogP) is 9.17. The fraction of sp³-hybridized carbons (Fsp3) is 0.0294. The molecule has 0 aliphatic rings. The van der Waals surface area contributed by atoms with Crippen molar-refractivity contribution >= 4 is 11.4 Å². The fourth-order valence-electron chi connectivity index (χ4n) is 4.25. The second-order valence-electron chi connectivity index (χ2n) is 8.62. The van der Waals surface area contributed by atoms with Gasteiger partial charge in [0.1, 0.15) is 0 Å². The van der Waals surface area contributed by atoms with Crippen LogP contribution in [0.1, 0.15) is 18.1 Å². The van der Waals surface area contributed by atoms with Crippen LogP contribution in [-0.4, -0.2) is 5.71 Å². The van der Waals surface area contributed by atoms with Crippen LogP contribution < -0.4 is 0 Å². The average Bonchev–Trinajstić information content (AvgIpc) is 2.94. The number of rotatable bonds is 6. The first-order chi connectivity index (χ1) is 17.2. The van der Waals surface area contributed by atoms with Gasteiger partial charge in [-0.3, -0.25) is 4.99 Å². The molecule has 0 bridgehead atoms. The lowest BCUT2D eigenvalue weighted by atomic mass is 9.94. The number of aliphatic imine (C=N–C) groups is 1. The SMILES string of the molecule is C=C(N=C(C)c1cc(-c2ccccc2)cc(-c2ccccc2)c1)c1ccc(-c2ccccc2)cc1. The molecule has 168 valence electrons. The zero-order valence-corrected chi connectivity index (χ0v) is 19.9. The van der Waals surface area contributed by atoms with E-state index in [2.05, 4.69) is 129 Å². The van der Waals surface area contributed by atoms with Crippen molar-refractivity contribution in [3.05, 3.63) is 151 Å². The lowest BCUT2D eigenvalue weighted by Crippen LogP contribution is -1.97. The number of hydrogen-bond donors (Lipinski definition) is 0. The minimum absolute atomic E-state index is 0.758. The van der Waals surface area contributed by atoms with Crippen molar-refractivity contribution in [1.82, 2.24) is 0 Å². The van der Waals surface area contributed by atoms with Gasteiger partial charge in [-0.25, -0.2) is 0 Å². The molecule has 1 nitrogen and oxygen atoms in total. The molecule has 35 heavy (non-hydrogen) atoms. The van der Waals surface area contributed by atoms with Gasteiger partial charge < -0.3 is 0 Å². The van der Waals surface area contributed by atoms with E-state index in [9.17, 15) is 0 Å². The topological polar surface area (TPSA) is 12.4 Å². The van der Waals surface area contributed by atoms with Gasteiger partial charge in [0, 0.05) is 5.71 Å². The van der Waals surface area contributed by atoms with Crippen LogP contribution >= 0.6 is 0 Å². The van der Waals surface area contributed by atoms with E-state index in [1.807, 2.05) is 18.2 Å². The van der Waals surface area contributed by atoms with E-state index in [0.29, 0.717) is 0 Å². The highest BCUT2D eigenvalue weighted by Crippen LogP contribution is 2.29. The largest absolute Gasteiger partial charge is 0.253 e. The van der Waals surface area contributed by atoms with Crippen molar-refractivity contribution < 1.29 is 0 Å². The summed E-state index contributed by atoms with van der Waals surface area (Å²) in [7, 11) is 0. The van der Waals surface area contributed by atoms with Gasteiger partial charge in [0.25, 0.3) is 0 Å². The highest BCUT2D eigenvalue weighted by molar-refractivity contribution is 6.03. The van der Waals surface area contributed by atoms with Gasteiger partial charge in [-0.15, -0.1) is 0 Å². The van der Waals surface area contributed by atoms with Crippen molar-refractivity contribution in [2.45, 2.75) is 6.92 Å². The van der Waals surface area contributed by atoms with E-state index in [1.165, 1.54) is 33.4 Å². The summed E-state index contributed by atoms with van der Waals surface area (Å²) < 4.78 is 0. The van der Waals surface area contributed by atoms with Crippen molar-refractivity contribution in [3.8, 4) is 33.4 Å². The van der Waals surface area contributed by atoms with Gasteiger partial charge in [0.2, 0.25) is 0 Å². The molecule has 0 radical (unpaired) electrons. The molecule has 0 saturated carbocycles. The molecule has 0 aromatic heterocycles. The standard InChI is InChI=1S/C34H27N/c1-25(27-18-20-31(21-19-27)28-12-6-3-7-13-28)35-26(2)32-22-33(29-14-8-4-9-15-29)24-34(23-32)30-16-10-5-11-17-30/h3-24H,1H2,2H3. The highest BCUT2D eigenvalue weighted by atomic mass is 14.7. The molecular weight excluding hydrogens is 422 g/mol. The van der Waals surface area contributed by atoms with Crippen LogP contribution in [0.4, 0.5) is 0 Å². The third-order valence-electron chi connectivity index (χ3n) is 6.19. The van der Waals surface area contributed by atoms with Crippen LogP contribution in [-0.2, 0) is 0 Å². The molecule has 0 unspecified atom stereocenters. The normalized spacial score (nSPS) is 11.3. The molecule has 1 heteroatoms. The van der Waals surface area contributed by atoms with Crippen LogP contribution in [0.5, 0.6) is 0 Å². The summed E-state index contributed by atoms with van der Waals surface area (Å²) in [6.07, 6.45) is 0. The molecule has 0 N–H and O–H groups in total. The van der Waals surface area contributed by atoms with Gasteiger partial charge >= 0.3 is 0 Å². The minimum Gasteiger partial charge on any atom is -0.253 e. The van der Waals surface area contributed by atoms with Crippen LogP contribution in [0.25, 0.3) is 39.1 Å². The van der Waals surface area contributed by atoms with Gasteiger partial charge in [-0.2, -0.15) is 0 Å². The van der Waals surface area contributed by atoms with Gasteiger partial charge in [0.15, 0.2) is 0 Å². The summed E-state index contributed by atoms with van der Waals surface area (Å²) in [5.41, 5.74) is 10.9. The molecule has 0 amide bonds. The zero-order valence-electron chi connectivity index (χ0n) is 19.9. The van der Waals surface area contributed by atoms with Crippen LogP contribution in [0.3, 0.4) is 0 Å². The van der Waals surface area contributed by atoms with E-state index in [4.69, 9.17) is 4.99 Å². The Morgan fingerprint density at radius 2 is 0.857 bits per heavy atom. The molecule has 0 atom stereocenters. The molecule has 0 aliphatic heterocycles. The van der Waals surface area contributed by atoms with E-state index >= 15 is 0 Å². The summed E-state index contributed by atoms with van der Waals surface area (Å²) in [4.78, 5) is 4.91. The highest BCUT2D eigenvalue weighted by Gasteiger charge is 2.09. The Morgan fingerprint density at radius 3 is 1.31 bits per heavy atom. The fourth-order valence-corrected chi connectivity index (χ4v) is 4.25. The summed E-state index contributed by atoms with van der Waals surface area (Å²) in [6, 6.07) is 46.5. The minimum atomic E-state index is 0.758. The molecule has 0 fully saturated rings. The van der Waals surface area contributed by atoms with Crippen molar-refractivity contribution in [2.75, 3.05) is 0 Å². The zero-order chi connectivity index (χ0) is 24.0. The lowest BCUT2D eigenvalue weighted by molar-refractivity contribution is 1.47. The van der Waals surface area contributed by atoms with Crippen molar-refractivity contribution in [2.24, 2.45) is 4.99 Å². The molecule has 0 saturated heterocycles. The lowest BCUT2D eigenvalue weighted by Gasteiger charge is -2.12. The van der Waals surface area contributed by atoms with Crippen LogP contribution in [0.2, 0.25) is 0 Å². The van der Waals surface area contributed by atoms with E-state index in [-0.39, 0.29) is 0 Å². The van der Waals surface area contributed by atoms with Crippen LogP contribution in [0, 0.1) is 0 Å². The molecular formula is C34H27N. The summed E-state index contributed by atoms with van der Waals surface area (Å²) in [5, 5.41) is 0. The summed E-state index contributed by atoms with van der Waals surface area (Å²) in [5.74, 6) is 0. The Hall–Kier alpha value is -4.49. The number of benzene rings is 5. The van der Waals surface area contributed by atoms with Crippen molar-refractivity contribution in [3.63, 3.8) is 0 Å². The van der Waals surface area contributed by atoms with Crippen molar-refractivity contribution in [1.29, 1.82) is 0 Å². The maximum Gasteiger partial charge on any atom is 0.0633 e. The first-order valence-electron chi connectivity index (χ1n) is 11.8. The smallest absolute Gasteiger partial charge is 0.0633 e. The van der Waals surface area contributed by atoms with Gasteiger partial charge in [-0.05, 0) is 69.6 Å². The summed E-state index contributed by atoms with van der Waals surface area (Å²) >= 11 is 0. The molecule has 5 aromatic rings. The maximum atomic E-state index is 4.91. The first-order valence-corrected chi connectivity index (χ1v) is 11.8. The monoisotopic (exact) mass is 449 g/mol. The second-order valence-corrected chi connectivity index (χ2v) is 8.62. The number of nitrogens with zero attached hydrogens (tertiary/aromatic N) is 1. The van der Waals surface area contributed by atoms with Crippen LogP contribution in [0.15, 0.2) is 145 Å². The average molecular weight is 450 g/mol. The third kappa shape index (κ3) is 5.20. The second kappa shape index (κ2) is 10.2. The van der Waals surface area contributed by atoms with E-state index in [0.717, 1.165) is 22.5 Å². The Morgan fingerprint density at radius 1 is 0.457 bits per heavy atom. The Kier molecular flexibility index (Phi) is 6.50. The number of hydrogen-bond acceptors (Lipinski definition) is 1. The molecule has 5 rings (SSSR count). The Bertz CT molecular complexity index is 1410.